The van der Waals surface area contributed by atoms with Crippen molar-refractivity contribution in [2.75, 3.05) is 6.61 Å². The maximum Gasteiger partial charge on any atom is 0.172 e. The normalized spacial score (nSPS) is 20.9. The van der Waals surface area contributed by atoms with Crippen molar-refractivity contribution < 1.29 is 14.6 Å². The number of rotatable bonds is 2. The summed E-state index contributed by atoms with van der Waals surface area (Å²) in [7, 11) is 0. The van der Waals surface area contributed by atoms with Crippen LogP contribution in [-0.2, 0) is 0 Å². The number of ketones is 1. The van der Waals surface area contributed by atoms with E-state index in [2.05, 4.69) is 0 Å². The summed E-state index contributed by atoms with van der Waals surface area (Å²) in [6.07, 6.45) is -0.844. The Balaban J connectivity index is 1.89. The molecule has 20 heavy (non-hydrogen) atoms. The molecule has 0 aromatic heterocycles. The van der Waals surface area contributed by atoms with Gasteiger partial charge in [0.05, 0.1) is 12.0 Å². The Labute approximate surface area is 121 Å². The molecule has 1 heterocycles. The van der Waals surface area contributed by atoms with E-state index in [4.69, 9.17) is 16.3 Å². The zero-order valence-corrected chi connectivity index (χ0v) is 11.4. The molecule has 2 unspecified atom stereocenters. The molecular formula is C16H13ClO3. The summed E-state index contributed by atoms with van der Waals surface area (Å²) < 4.78 is 5.57. The average molecular weight is 289 g/mol. The van der Waals surface area contributed by atoms with Crippen molar-refractivity contribution in [1.29, 1.82) is 0 Å². The number of ether oxygens (including phenoxy) is 1. The third-order valence-corrected chi connectivity index (χ3v) is 3.75. The molecule has 2 aromatic rings. The molecule has 0 saturated carbocycles. The lowest BCUT2D eigenvalue weighted by atomic mass is 9.87. The van der Waals surface area contributed by atoms with Crippen LogP contribution < -0.4 is 4.74 Å². The Hall–Kier alpha value is -1.84. The van der Waals surface area contributed by atoms with Crippen LogP contribution in [0.25, 0.3) is 0 Å². The Bertz CT molecular complexity index is 636. The van der Waals surface area contributed by atoms with Gasteiger partial charge in [-0.15, -0.1) is 0 Å². The summed E-state index contributed by atoms with van der Waals surface area (Å²) >= 11 is 5.81. The summed E-state index contributed by atoms with van der Waals surface area (Å²) in [6.45, 7) is 0.180. The standard InChI is InChI=1S/C16H13ClO3/c17-11-7-5-10(6-8-11)15(18)13-9-20-14-4-2-1-3-12(14)16(13)19/h1-8,13,16,19H,9H2. The smallest absolute Gasteiger partial charge is 0.172 e. The highest BCUT2D eigenvalue weighted by atomic mass is 35.5. The van der Waals surface area contributed by atoms with Gasteiger partial charge in [-0.25, -0.2) is 0 Å². The molecule has 0 radical (unpaired) electrons. The zero-order valence-electron chi connectivity index (χ0n) is 10.6. The molecule has 0 aliphatic carbocycles. The number of carbonyl (C=O) groups is 1. The van der Waals surface area contributed by atoms with Crippen LogP contribution in [0.2, 0.25) is 5.02 Å². The van der Waals surface area contributed by atoms with Gasteiger partial charge in [0, 0.05) is 16.1 Å². The second kappa shape index (κ2) is 5.27. The van der Waals surface area contributed by atoms with Gasteiger partial charge >= 0.3 is 0 Å². The Morgan fingerprint density at radius 1 is 1.15 bits per heavy atom. The maximum absolute atomic E-state index is 12.4. The van der Waals surface area contributed by atoms with Crippen molar-refractivity contribution in [1.82, 2.24) is 0 Å². The van der Waals surface area contributed by atoms with Crippen molar-refractivity contribution in [3.8, 4) is 5.75 Å². The van der Waals surface area contributed by atoms with Crippen molar-refractivity contribution in [3.63, 3.8) is 0 Å². The molecule has 0 amide bonds. The molecular weight excluding hydrogens is 276 g/mol. The number of para-hydroxylation sites is 1. The molecule has 0 bridgehead atoms. The molecule has 3 nitrogen and oxygen atoms in total. The van der Waals surface area contributed by atoms with E-state index < -0.39 is 12.0 Å². The first-order valence-electron chi connectivity index (χ1n) is 6.36. The fraction of sp³-hybridized carbons (Fsp3) is 0.188. The first-order chi connectivity index (χ1) is 9.66. The highest BCUT2D eigenvalue weighted by molar-refractivity contribution is 6.30. The number of carbonyl (C=O) groups excluding carboxylic acids is 1. The van der Waals surface area contributed by atoms with Crippen LogP contribution >= 0.6 is 11.6 Å². The van der Waals surface area contributed by atoms with E-state index in [9.17, 15) is 9.90 Å². The SMILES string of the molecule is O=C(c1ccc(Cl)cc1)C1COc2ccccc2C1O. The van der Waals surface area contributed by atoms with Crippen LogP contribution in [0.5, 0.6) is 5.75 Å². The van der Waals surface area contributed by atoms with Crippen LogP contribution in [0.15, 0.2) is 48.5 Å². The lowest BCUT2D eigenvalue weighted by Crippen LogP contribution is -2.32. The molecule has 3 rings (SSSR count). The minimum absolute atomic E-state index is 0.135. The largest absolute Gasteiger partial charge is 0.492 e. The quantitative estimate of drug-likeness (QED) is 0.863. The third-order valence-electron chi connectivity index (χ3n) is 3.50. The van der Waals surface area contributed by atoms with Crippen molar-refractivity contribution in [2.24, 2.45) is 5.92 Å². The first kappa shape index (κ1) is 13.2. The molecule has 102 valence electrons. The van der Waals surface area contributed by atoms with E-state index in [1.807, 2.05) is 12.1 Å². The molecule has 1 aliphatic rings. The minimum Gasteiger partial charge on any atom is -0.492 e. The van der Waals surface area contributed by atoms with Crippen LogP contribution in [0.1, 0.15) is 22.0 Å². The molecule has 0 spiro atoms. The van der Waals surface area contributed by atoms with Gasteiger partial charge in [-0.05, 0) is 30.3 Å². The van der Waals surface area contributed by atoms with Crippen LogP contribution in [0.4, 0.5) is 0 Å². The van der Waals surface area contributed by atoms with Crippen LogP contribution in [-0.4, -0.2) is 17.5 Å². The predicted molar refractivity (Wildman–Crippen MR) is 76.2 cm³/mol. The lowest BCUT2D eigenvalue weighted by Gasteiger charge is -2.29. The van der Waals surface area contributed by atoms with Gasteiger partial charge in [-0.3, -0.25) is 4.79 Å². The van der Waals surface area contributed by atoms with Crippen LogP contribution in [0, 0.1) is 5.92 Å². The third kappa shape index (κ3) is 2.30. The molecule has 1 N–H and O–H groups in total. The van der Waals surface area contributed by atoms with E-state index in [1.54, 1.807) is 36.4 Å². The number of Topliss-reactive ketones (excluding diaryl/α,β-unsaturated/α-hetero) is 1. The number of benzene rings is 2. The van der Waals surface area contributed by atoms with E-state index in [0.717, 1.165) is 0 Å². The minimum atomic E-state index is -0.844. The maximum atomic E-state index is 12.4. The predicted octanol–water partition coefficient (Wildman–Crippen LogP) is 3.26. The highest BCUT2D eigenvalue weighted by Crippen LogP contribution is 2.36. The summed E-state index contributed by atoms with van der Waals surface area (Å²) in [5.41, 5.74) is 1.19. The summed E-state index contributed by atoms with van der Waals surface area (Å²) in [5.74, 6) is -0.0881. The van der Waals surface area contributed by atoms with E-state index in [1.165, 1.54) is 0 Å². The molecule has 1 aliphatic heterocycles. The number of aliphatic hydroxyl groups is 1. The van der Waals surface area contributed by atoms with E-state index in [0.29, 0.717) is 21.9 Å². The zero-order chi connectivity index (χ0) is 14.1. The van der Waals surface area contributed by atoms with E-state index in [-0.39, 0.29) is 12.4 Å². The van der Waals surface area contributed by atoms with Gasteiger partial charge in [0.2, 0.25) is 0 Å². The highest BCUT2D eigenvalue weighted by Gasteiger charge is 2.34. The number of aliphatic hydroxyl groups excluding tert-OH is 1. The number of hydrogen-bond donors (Lipinski definition) is 1. The van der Waals surface area contributed by atoms with Gasteiger partial charge < -0.3 is 9.84 Å². The average Bonchev–Trinajstić information content (AvgIpc) is 2.48. The van der Waals surface area contributed by atoms with Crippen molar-refractivity contribution in [3.05, 3.63) is 64.7 Å². The molecule has 2 atom stereocenters. The summed E-state index contributed by atoms with van der Waals surface area (Å²) in [5, 5.41) is 11.0. The topological polar surface area (TPSA) is 46.5 Å². The summed E-state index contributed by atoms with van der Waals surface area (Å²) in [4.78, 5) is 12.4. The van der Waals surface area contributed by atoms with Gasteiger partial charge in [0.25, 0.3) is 0 Å². The number of hydrogen-bond acceptors (Lipinski definition) is 3. The molecule has 2 aromatic carbocycles. The van der Waals surface area contributed by atoms with Crippen LogP contribution in [0.3, 0.4) is 0 Å². The van der Waals surface area contributed by atoms with Crippen molar-refractivity contribution in [2.45, 2.75) is 6.10 Å². The lowest BCUT2D eigenvalue weighted by molar-refractivity contribution is 0.0418. The molecule has 4 heteroatoms. The van der Waals surface area contributed by atoms with Gasteiger partial charge in [0.1, 0.15) is 12.4 Å². The van der Waals surface area contributed by atoms with E-state index >= 15 is 0 Å². The van der Waals surface area contributed by atoms with Crippen molar-refractivity contribution >= 4 is 17.4 Å². The first-order valence-corrected chi connectivity index (χ1v) is 6.74. The Morgan fingerprint density at radius 2 is 1.85 bits per heavy atom. The fourth-order valence-corrected chi connectivity index (χ4v) is 2.52. The second-order valence-corrected chi connectivity index (χ2v) is 5.21. The Kier molecular flexibility index (Phi) is 3.47. The molecule has 0 saturated heterocycles. The summed E-state index contributed by atoms with van der Waals surface area (Å²) in [6, 6.07) is 13.9. The second-order valence-electron chi connectivity index (χ2n) is 4.77. The van der Waals surface area contributed by atoms with Gasteiger partial charge in [-0.1, -0.05) is 29.8 Å². The van der Waals surface area contributed by atoms with Gasteiger partial charge in [-0.2, -0.15) is 0 Å². The monoisotopic (exact) mass is 288 g/mol. The number of fused-ring (bicyclic) bond motifs is 1. The van der Waals surface area contributed by atoms with Gasteiger partial charge in [0.15, 0.2) is 5.78 Å². The Morgan fingerprint density at radius 3 is 2.60 bits per heavy atom. The number of halogens is 1. The fourth-order valence-electron chi connectivity index (χ4n) is 2.39. The molecule has 0 fully saturated rings.